The van der Waals surface area contributed by atoms with Crippen LogP contribution < -0.4 is 4.90 Å². The highest BCUT2D eigenvalue weighted by Gasteiger charge is 2.25. The molecule has 0 fully saturated rings. The highest BCUT2D eigenvalue weighted by Crippen LogP contribution is 2.50. The van der Waals surface area contributed by atoms with E-state index in [1.54, 1.807) is 0 Å². The van der Waals surface area contributed by atoms with Crippen LogP contribution in [0.3, 0.4) is 0 Å². The SMILES string of the molecule is c1ccc2c(c1)oc1cc(N(c3cccc4oc5ccccc5c34)c3cccc4oc5ccc6c7ccccc7sc6c5c34)ccc12. The molecule has 0 aliphatic rings. The minimum atomic E-state index is 0.842. The second kappa shape index (κ2) is 9.25. The van der Waals surface area contributed by atoms with Crippen molar-refractivity contribution in [1.29, 1.82) is 0 Å². The fourth-order valence-corrected chi connectivity index (χ4v) is 8.70. The molecule has 11 aromatic rings. The van der Waals surface area contributed by atoms with Crippen LogP contribution in [0.4, 0.5) is 17.1 Å². The molecule has 0 bridgehead atoms. The maximum Gasteiger partial charge on any atom is 0.137 e. The third kappa shape index (κ3) is 3.46. The summed E-state index contributed by atoms with van der Waals surface area (Å²) in [6, 6.07) is 48.6. The van der Waals surface area contributed by atoms with Gasteiger partial charge in [-0.3, -0.25) is 0 Å². The molecule has 4 heterocycles. The molecule has 7 aromatic carbocycles. The number of hydrogen-bond donors (Lipinski definition) is 0. The smallest absolute Gasteiger partial charge is 0.137 e. The molecule has 0 amide bonds. The summed E-state index contributed by atoms with van der Waals surface area (Å²) in [7, 11) is 0. The average Bonchev–Trinajstić information content (AvgIpc) is 3.88. The Morgan fingerprint density at radius 3 is 1.81 bits per heavy atom. The molecular weight excluding hydrogens is 599 g/mol. The van der Waals surface area contributed by atoms with Crippen molar-refractivity contribution in [3.63, 3.8) is 0 Å². The molecule has 0 N–H and O–H groups in total. The Kier molecular flexibility index (Phi) is 4.96. The van der Waals surface area contributed by atoms with E-state index >= 15 is 0 Å². The van der Waals surface area contributed by atoms with Crippen LogP contribution in [-0.4, -0.2) is 0 Å². The lowest BCUT2D eigenvalue weighted by Crippen LogP contribution is -2.10. The van der Waals surface area contributed by atoms with Crippen LogP contribution in [0.1, 0.15) is 0 Å². The van der Waals surface area contributed by atoms with Crippen molar-refractivity contribution in [3.8, 4) is 0 Å². The van der Waals surface area contributed by atoms with Crippen molar-refractivity contribution < 1.29 is 13.3 Å². The van der Waals surface area contributed by atoms with E-state index in [2.05, 4.69) is 114 Å². The molecule has 11 rings (SSSR count). The quantitative estimate of drug-likeness (QED) is 0.197. The van der Waals surface area contributed by atoms with Crippen molar-refractivity contribution in [2.24, 2.45) is 0 Å². The zero-order chi connectivity index (χ0) is 30.6. The lowest BCUT2D eigenvalue weighted by atomic mass is 10.0. The van der Waals surface area contributed by atoms with Crippen LogP contribution in [0.5, 0.6) is 0 Å². The van der Waals surface area contributed by atoms with E-state index in [4.69, 9.17) is 13.3 Å². The van der Waals surface area contributed by atoms with Gasteiger partial charge in [0.25, 0.3) is 0 Å². The lowest BCUT2D eigenvalue weighted by Gasteiger charge is -2.27. The molecule has 4 nitrogen and oxygen atoms in total. The van der Waals surface area contributed by atoms with Gasteiger partial charge in [0.05, 0.1) is 22.1 Å². The predicted molar refractivity (Wildman–Crippen MR) is 196 cm³/mol. The second-order valence-electron chi connectivity index (χ2n) is 12.0. The first-order valence-electron chi connectivity index (χ1n) is 15.7. The minimum Gasteiger partial charge on any atom is -0.456 e. The number of para-hydroxylation sites is 2. The molecule has 0 saturated heterocycles. The predicted octanol–water partition coefficient (Wildman–Crippen LogP) is 13.2. The molecule has 4 aromatic heterocycles. The molecule has 220 valence electrons. The number of furan rings is 3. The Labute approximate surface area is 271 Å². The van der Waals surface area contributed by atoms with E-state index in [1.165, 1.54) is 20.2 Å². The molecule has 0 radical (unpaired) electrons. The second-order valence-corrected chi connectivity index (χ2v) is 13.1. The number of rotatable bonds is 3. The van der Waals surface area contributed by atoms with Gasteiger partial charge in [0.15, 0.2) is 0 Å². The van der Waals surface area contributed by atoms with Crippen LogP contribution in [0.2, 0.25) is 0 Å². The van der Waals surface area contributed by atoms with E-state index in [1.807, 2.05) is 41.7 Å². The van der Waals surface area contributed by atoms with Crippen molar-refractivity contribution in [2.45, 2.75) is 0 Å². The molecule has 0 unspecified atom stereocenters. The van der Waals surface area contributed by atoms with Crippen LogP contribution in [0.15, 0.2) is 153 Å². The number of anilines is 3. The fourth-order valence-electron chi connectivity index (χ4n) is 7.46. The number of thiophene rings is 1. The van der Waals surface area contributed by atoms with Gasteiger partial charge in [-0.25, -0.2) is 0 Å². The summed E-state index contributed by atoms with van der Waals surface area (Å²) in [5.74, 6) is 0. The third-order valence-corrected chi connectivity index (χ3v) is 10.7. The summed E-state index contributed by atoms with van der Waals surface area (Å²) in [5, 5.41) is 9.06. The topological polar surface area (TPSA) is 42.7 Å². The summed E-state index contributed by atoms with van der Waals surface area (Å²) in [4.78, 5) is 2.35. The molecule has 0 saturated carbocycles. The maximum absolute atomic E-state index is 6.61. The molecule has 5 heteroatoms. The van der Waals surface area contributed by atoms with Gasteiger partial charge in [0.2, 0.25) is 0 Å². The molecule has 0 aliphatic carbocycles. The Morgan fingerprint density at radius 2 is 0.957 bits per heavy atom. The van der Waals surface area contributed by atoms with Gasteiger partial charge in [-0.15, -0.1) is 11.3 Å². The number of hydrogen-bond acceptors (Lipinski definition) is 5. The summed E-state index contributed by atoms with van der Waals surface area (Å²) in [5.41, 5.74) is 8.19. The monoisotopic (exact) mass is 621 g/mol. The summed E-state index contributed by atoms with van der Waals surface area (Å²) < 4.78 is 21.9. The van der Waals surface area contributed by atoms with Crippen molar-refractivity contribution >= 4 is 114 Å². The highest BCUT2D eigenvalue weighted by atomic mass is 32.1. The zero-order valence-electron chi connectivity index (χ0n) is 24.9. The lowest BCUT2D eigenvalue weighted by molar-refractivity contribution is 0.669. The van der Waals surface area contributed by atoms with E-state index in [-0.39, 0.29) is 0 Å². The highest BCUT2D eigenvalue weighted by molar-refractivity contribution is 7.26. The first kappa shape index (κ1) is 25.2. The van der Waals surface area contributed by atoms with E-state index in [9.17, 15) is 0 Å². The summed E-state index contributed by atoms with van der Waals surface area (Å²) >= 11 is 1.82. The summed E-state index contributed by atoms with van der Waals surface area (Å²) in [6.07, 6.45) is 0. The molecular formula is C42H23NO3S. The third-order valence-electron chi connectivity index (χ3n) is 9.47. The van der Waals surface area contributed by atoms with Crippen molar-refractivity contribution in [1.82, 2.24) is 0 Å². The van der Waals surface area contributed by atoms with E-state index in [0.29, 0.717) is 0 Å². The molecule has 47 heavy (non-hydrogen) atoms. The Balaban J connectivity index is 1.29. The van der Waals surface area contributed by atoms with Crippen molar-refractivity contribution in [3.05, 3.63) is 140 Å². The van der Waals surface area contributed by atoms with Gasteiger partial charge in [0.1, 0.15) is 33.5 Å². The van der Waals surface area contributed by atoms with Crippen LogP contribution in [0.25, 0.3) is 86.0 Å². The molecule has 0 spiro atoms. The van der Waals surface area contributed by atoms with Crippen LogP contribution in [0, 0.1) is 0 Å². The molecule has 0 aliphatic heterocycles. The zero-order valence-corrected chi connectivity index (χ0v) is 25.7. The Hall–Kier alpha value is -6.04. The number of nitrogens with zero attached hydrogens (tertiary/aromatic N) is 1. The van der Waals surface area contributed by atoms with Gasteiger partial charge in [-0.1, -0.05) is 66.7 Å². The Bertz CT molecular complexity index is 3050. The van der Waals surface area contributed by atoms with Gasteiger partial charge in [-0.05, 0) is 66.7 Å². The average molecular weight is 622 g/mol. The standard InChI is InChI=1S/C42H23NO3S/c1-4-14-32-25(9-1)26-20-19-24(23-37(26)45-32)43(30-12-7-16-34-39(30)29-11-2-5-15-33(29)44-34)31-13-8-17-35-40(31)41-36(46-35)22-21-28-27-10-3-6-18-38(27)47-42(28)41/h1-23H. The van der Waals surface area contributed by atoms with Gasteiger partial charge < -0.3 is 18.2 Å². The van der Waals surface area contributed by atoms with Gasteiger partial charge in [0, 0.05) is 53.5 Å². The van der Waals surface area contributed by atoms with Gasteiger partial charge >= 0.3 is 0 Å². The maximum atomic E-state index is 6.61. The van der Waals surface area contributed by atoms with Gasteiger partial charge in [-0.2, -0.15) is 0 Å². The summed E-state index contributed by atoms with van der Waals surface area (Å²) in [6.45, 7) is 0. The number of fused-ring (bicyclic) bond motifs is 13. The first-order valence-corrected chi connectivity index (χ1v) is 16.5. The largest absolute Gasteiger partial charge is 0.456 e. The normalized spacial score (nSPS) is 12.3. The minimum absolute atomic E-state index is 0.842. The van der Waals surface area contributed by atoms with E-state index < -0.39 is 0 Å². The number of benzene rings is 7. The first-order chi connectivity index (χ1) is 23.3. The van der Waals surface area contributed by atoms with E-state index in [0.717, 1.165) is 82.9 Å². The van der Waals surface area contributed by atoms with Crippen molar-refractivity contribution in [2.75, 3.05) is 4.90 Å². The Morgan fingerprint density at radius 1 is 0.383 bits per heavy atom. The molecule has 0 atom stereocenters. The van der Waals surface area contributed by atoms with Crippen LogP contribution in [-0.2, 0) is 0 Å². The fraction of sp³-hybridized carbons (Fsp3) is 0. The van der Waals surface area contributed by atoms with Crippen LogP contribution >= 0.6 is 11.3 Å².